The Balaban J connectivity index is 1.79. The van der Waals surface area contributed by atoms with E-state index in [2.05, 4.69) is 40.6 Å². The molecule has 0 unspecified atom stereocenters. The van der Waals surface area contributed by atoms with Gasteiger partial charge in [-0.3, -0.25) is 4.79 Å². The zero-order valence-corrected chi connectivity index (χ0v) is 12.7. The van der Waals surface area contributed by atoms with Gasteiger partial charge in [0.25, 0.3) is 0 Å². The highest BCUT2D eigenvalue weighted by atomic mass is 16.1. The third kappa shape index (κ3) is 2.55. The minimum absolute atomic E-state index is 0.0841. The van der Waals surface area contributed by atoms with Gasteiger partial charge in [0, 0.05) is 24.9 Å². The van der Waals surface area contributed by atoms with Crippen molar-refractivity contribution in [3.8, 4) is 11.3 Å². The van der Waals surface area contributed by atoms with Crippen LogP contribution in [0.1, 0.15) is 6.92 Å². The molecular formula is C19H15N3O. The number of imidazole rings is 1. The van der Waals surface area contributed by atoms with E-state index in [0.717, 1.165) is 22.6 Å². The number of hydrogen-bond acceptors (Lipinski definition) is 2. The quantitative estimate of drug-likeness (QED) is 0.605. The number of hydrogen-bond donors (Lipinski definition) is 1. The van der Waals surface area contributed by atoms with Crippen LogP contribution < -0.4 is 5.32 Å². The van der Waals surface area contributed by atoms with Gasteiger partial charge in [-0.2, -0.15) is 0 Å². The lowest BCUT2D eigenvalue weighted by Crippen LogP contribution is -2.06. The first kappa shape index (κ1) is 13.5. The van der Waals surface area contributed by atoms with Gasteiger partial charge in [-0.25, -0.2) is 4.98 Å². The number of benzene rings is 2. The lowest BCUT2D eigenvalue weighted by Gasteiger charge is -2.01. The van der Waals surface area contributed by atoms with Crippen LogP contribution in [0.25, 0.3) is 27.7 Å². The summed E-state index contributed by atoms with van der Waals surface area (Å²) in [5.41, 5.74) is 3.60. The Morgan fingerprint density at radius 2 is 1.83 bits per heavy atom. The van der Waals surface area contributed by atoms with Gasteiger partial charge in [0.05, 0.1) is 11.4 Å². The van der Waals surface area contributed by atoms with Gasteiger partial charge in [-0.05, 0) is 29.0 Å². The summed E-state index contributed by atoms with van der Waals surface area (Å²) in [6.45, 7) is 1.50. The summed E-state index contributed by atoms with van der Waals surface area (Å²) in [4.78, 5) is 15.8. The lowest BCUT2D eigenvalue weighted by atomic mass is 10.1. The van der Waals surface area contributed by atoms with E-state index in [-0.39, 0.29) is 5.91 Å². The normalized spacial score (nSPS) is 11.0. The van der Waals surface area contributed by atoms with E-state index < -0.39 is 0 Å². The van der Waals surface area contributed by atoms with Gasteiger partial charge >= 0.3 is 0 Å². The molecule has 0 saturated heterocycles. The number of nitrogens with zero attached hydrogens (tertiary/aromatic N) is 2. The molecule has 4 nitrogen and oxygen atoms in total. The highest BCUT2D eigenvalue weighted by Gasteiger charge is 2.06. The average Bonchev–Trinajstić information content (AvgIpc) is 2.97. The summed E-state index contributed by atoms with van der Waals surface area (Å²) in [6.07, 6.45) is 3.85. The molecular weight excluding hydrogens is 286 g/mol. The van der Waals surface area contributed by atoms with Gasteiger partial charge in [-0.1, -0.05) is 36.4 Å². The fourth-order valence-electron chi connectivity index (χ4n) is 2.76. The molecule has 2 aromatic heterocycles. The molecule has 0 aliphatic heterocycles. The van der Waals surface area contributed by atoms with Crippen molar-refractivity contribution in [1.82, 2.24) is 9.38 Å². The van der Waals surface area contributed by atoms with Gasteiger partial charge in [0.2, 0.25) is 5.91 Å². The first-order chi connectivity index (χ1) is 11.2. The lowest BCUT2D eigenvalue weighted by molar-refractivity contribution is -0.114. The van der Waals surface area contributed by atoms with Crippen LogP contribution in [-0.2, 0) is 4.79 Å². The summed E-state index contributed by atoms with van der Waals surface area (Å²) in [7, 11) is 0. The molecule has 0 aliphatic carbocycles. The third-order valence-electron chi connectivity index (χ3n) is 3.82. The van der Waals surface area contributed by atoms with Crippen molar-refractivity contribution in [3.05, 3.63) is 67.0 Å². The highest BCUT2D eigenvalue weighted by Crippen LogP contribution is 2.24. The van der Waals surface area contributed by atoms with E-state index in [4.69, 9.17) is 0 Å². The highest BCUT2D eigenvalue weighted by molar-refractivity contribution is 5.89. The number of carbonyl (C=O) groups is 1. The predicted octanol–water partition coefficient (Wildman–Crippen LogP) is 4.11. The van der Waals surface area contributed by atoms with Crippen LogP contribution in [0.3, 0.4) is 0 Å². The Morgan fingerprint density at radius 3 is 2.65 bits per heavy atom. The van der Waals surface area contributed by atoms with Gasteiger partial charge in [-0.15, -0.1) is 0 Å². The number of fused-ring (bicyclic) bond motifs is 2. The number of anilines is 1. The average molecular weight is 301 g/mol. The molecule has 0 spiro atoms. The van der Waals surface area contributed by atoms with E-state index >= 15 is 0 Å². The molecule has 0 aliphatic rings. The first-order valence-corrected chi connectivity index (χ1v) is 7.44. The SMILES string of the molecule is CC(=O)Nc1ccc2nc(-c3ccc4ccccc4c3)cn2c1. The van der Waals surface area contributed by atoms with Crippen LogP contribution in [-0.4, -0.2) is 15.3 Å². The topological polar surface area (TPSA) is 46.4 Å². The maximum absolute atomic E-state index is 11.2. The number of rotatable bonds is 2. The van der Waals surface area contributed by atoms with Crippen LogP contribution >= 0.6 is 0 Å². The summed E-state index contributed by atoms with van der Waals surface area (Å²) in [6, 6.07) is 18.4. The summed E-state index contributed by atoms with van der Waals surface area (Å²) in [5, 5.41) is 5.19. The van der Waals surface area contributed by atoms with Crippen LogP contribution in [0.2, 0.25) is 0 Å². The summed E-state index contributed by atoms with van der Waals surface area (Å²) in [5.74, 6) is -0.0841. The molecule has 4 heteroatoms. The second-order valence-electron chi connectivity index (χ2n) is 5.55. The van der Waals surface area contributed by atoms with Crippen molar-refractivity contribution >= 4 is 28.0 Å². The van der Waals surface area contributed by atoms with Crippen LogP contribution in [0.4, 0.5) is 5.69 Å². The largest absolute Gasteiger partial charge is 0.325 e. The maximum atomic E-state index is 11.2. The molecule has 0 bridgehead atoms. The molecule has 1 N–H and O–H groups in total. The van der Waals surface area contributed by atoms with Gasteiger partial charge < -0.3 is 9.72 Å². The number of aromatic nitrogens is 2. The van der Waals surface area contributed by atoms with Crippen molar-refractivity contribution in [2.75, 3.05) is 5.32 Å². The van der Waals surface area contributed by atoms with Crippen LogP contribution in [0.15, 0.2) is 67.0 Å². The predicted molar refractivity (Wildman–Crippen MR) is 92.4 cm³/mol. The van der Waals surface area contributed by atoms with Crippen molar-refractivity contribution in [3.63, 3.8) is 0 Å². The molecule has 4 aromatic rings. The van der Waals surface area contributed by atoms with Crippen LogP contribution in [0, 0.1) is 0 Å². The third-order valence-corrected chi connectivity index (χ3v) is 3.82. The van der Waals surface area contributed by atoms with Gasteiger partial charge in [0.1, 0.15) is 5.65 Å². The molecule has 2 heterocycles. The first-order valence-electron chi connectivity index (χ1n) is 7.44. The Bertz CT molecular complexity index is 1030. The number of carbonyl (C=O) groups excluding carboxylic acids is 1. The zero-order valence-electron chi connectivity index (χ0n) is 12.7. The number of nitrogens with one attached hydrogen (secondary N) is 1. The van der Waals surface area contributed by atoms with Crippen molar-refractivity contribution in [1.29, 1.82) is 0 Å². The fraction of sp³-hybridized carbons (Fsp3) is 0.0526. The molecule has 0 radical (unpaired) electrons. The smallest absolute Gasteiger partial charge is 0.221 e. The molecule has 2 aromatic carbocycles. The summed E-state index contributed by atoms with van der Waals surface area (Å²) < 4.78 is 1.93. The van der Waals surface area contributed by atoms with Gasteiger partial charge in [0.15, 0.2) is 0 Å². The molecule has 23 heavy (non-hydrogen) atoms. The molecule has 0 saturated carbocycles. The Hall–Kier alpha value is -3.14. The zero-order chi connectivity index (χ0) is 15.8. The molecule has 4 rings (SSSR count). The molecule has 1 amide bonds. The van der Waals surface area contributed by atoms with E-state index in [0.29, 0.717) is 0 Å². The monoisotopic (exact) mass is 301 g/mol. The second-order valence-corrected chi connectivity index (χ2v) is 5.55. The molecule has 112 valence electrons. The fourth-order valence-corrected chi connectivity index (χ4v) is 2.76. The van der Waals surface area contributed by atoms with E-state index in [1.807, 2.05) is 41.1 Å². The Kier molecular flexibility index (Phi) is 3.08. The number of amides is 1. The Morgan fingerprint density at radius 1 is 1.00 bits per heavy atom. The second kappa shape index (κ2) is 5.25. The van der Waals surface area contributed by atoms with Crippen molar-refractivity contribution in [2.45, 2.75) is 6.92 Å². The minimum Gasteiger partial charge on any atom is -0.325 e. The molecule has 0 atom stereocenters. The summed E-state index contributed by atoms with van der Waals surface area (Å²) >= 11 is 0. The van der Waals surface area contributed by atoms with Crippen molar-refractivity contribution in [2.24, 2.45) is 0 Å². The molecule has 0 fully saturated rings. The minimum atomic E-state index is -0.0841. The van der Waals surface area contributed by atoms with E-state index in [9.17, 15) is 4.79 Å². The number of pyridine rings is 1. The van der Waals surface area contributed by atoms with E-state index in [1.54, 1.807) is 0 Å². The van der Waals surface area contributed by atoms with Crippen LogP contribution in [0.5, 0.6) is 0 Å². The Labute approximate surface area is 133 Å². The van der Waals surface area contributed by atoms with E-state index in [1.165, 1.54) is 17.7 Å². The maximum Gasteiger partial charge on any atom is 0.221 e. The standard InChI is InChI=1S/C19H15N3O/c1-13(23)20-17-8-9-19-21-18(12-22(19)11-17)16-7-6-14-4-2-3-5-15(14)10-16/h2-12H,1H3,(H,20,23). The van der Waals surface area contributed by atoms with Crippen molar-refractivity contribution < 1.29 is 4.79 Å².